The van der Waals surface area contributed by atoms with Gasteiger partial charge in [-0.05, 0) is 30.3 Å². The summed E-state index contributed by atoms with van der Waals surface area (Å²) >= 11 is 1.20. The molecule has 3 aromatic rings. The standard InChI is InChI=1S/C22H22N4O6S2/c1-32-18-13-16(21(28)29)7-8-17(18)24-34(30,31)19-14-33-22(23-19)26-11-9-25(10-12-26)20(27)15-5-3-2-4-6-15/h2-8,13-14,24H,9-12H2,1H3,(H,28,29). The molecule has 0 saturated carbocycles. The Balaban J connectivity index is 1.43. The van der Waals surface area contributed by atoms with Crippen molar-refractivity contribution in [2.24, 2.45) is 0 Å². The van der Waals surface area contributed by atoms with E-state index in [0.29, 0.717) is 36.9 Å². The molecule has 2 heterocycles. The van der Waals surface area contributed by atoms with Crippen LogP contribution in [0, 0.1) is 0 Å². The van der Waals surface area contributed by atoms with Gasteiger partial charge in [0.1, 0.15) is 5.75 Å². The van der Waals surface area contributed by atoms with Crippen LogP contribution in [0.3, 0.4) is 0 Å². The number of anilines is 2. The molecule has 1 aromatic heterocycles. The van der Waals surface area contributed by atoms with Gasteiger partial charge in [0.05, 0.1) is 18.4 Å². The number of amides is 1. The number of hydrogen-bond acceptors (Lipinski definition) is 8. The molecule has 1 saturated heterocycles. The van der Waals surface area contributed by atoms with Crippen LogP contribution in [-0.4, -0.2) is 68.6 Å². The monoisotopic (exact) mass is 502 g/mol. The van der Waals surface area contributed by atoms with Gasteiger partial charge in [-0.15, -0.1) is 11.3 Å². The molecule has 0 aliphatic carbocycles. The van der Waals surface area contributed by atoms with Crippen molar-refractivity contribution in [3.05, 3.63) is 65.0 Å². The SMILES string of the molecule is COc1cc(C(=O)O)ccc1NS(=O)(=O)c1csc(N2CCN(C(=O)c3ccccc3)CC2)n1. The molecule has 178 valence electrons. The summed E-state index contributed by atoms with van der Waals surface area (Å²) in [7, 11) is -2.71. The summed E-state index contributed by atoms with van der Waals surface area (Å²) in [5, 5.41) is 10.9. The average Bonchev–Trinajstić information content (AvgIpc) is 3.36. The molecule has 34 heavy (non-hydrogen) atoms. The highest BCUT2D eigenvalue weighted by molar-refractivity contribution is 7.92. The van der Waals surface area contributed by atoms with Crippen molar-refractivity contribution in [2.45, 2.75) is 5.03 Å². The number of carboxylic acid groups (broad SMARTS) is 1. The second kappa shape index (κ2) is 9.69. The Bertz CT molecular complexity index is 1300. The fourth-order valence-electron chi connectivity index (χ4n) is 3.49. The van der Waals surface area contributed by atoms with Gasteiger partial charge in [0.25, 0.3) is 15.9 Å². The van der Waals surface area contributed by atoms with Gasteiger partial charge in [0, 0.05) is 37.1 Å². The quantitative estimate of drug-likeness (QED) is 0.504. The van der Waals surface area contributed by atoms with Crippen LogP contribution in [0.25, 0.3) is 0 Å². The minimum absolute atomic E-state index is 0.0272. The number of nitrogens with zero attached hydrogens (tertiary/aromatic N) is 3. The zero-order valence-electron chi connectivity index (χ0n) is 18.2. The van der Waals surface area contributed by atoms with Crippen LogP contribution in [-0.2, 0) is 10.0 Å². The number of thiazole rings is 1. The van der Waals surface area contributed by atoms with Crippen molar-refractivity contribution in [1.29, 1.82) is 0 Å². The fraction of sp³-hybridized carbons (Fsp3) is 0.227. The number of sulfonamides is 1. The molecule has 2 aromatic carbocycles. The van der Waals surface area contributed by atoms with E-state index in [4.69, 9.17) is 9.84 Å². The first kappa shape index (κ1) is 23.5. The van der Waals surface area contributed by atoms with E-state index in [1.165, 1.54) is 42.0 Å². The van der Waals surface area contributed by atoms with Gasteiger partial charge >= 0.3 is 5.97 Å². The van der Waals surface area contributed by atoms with Crippen LogP contribution < -0.4 is 14.4 Å². The van der Waals surface area contributed by atoms with E-state index in [1.54, 1.807) is 17.0 Å². The maximum Gasteiger partial charge on any atom is 0.335 e. The van der Waals surface area contributed by atoms with E-state index >= 15 is 0 Å². The average molecular weight is 503 g/mol. The molecule has 0 bridgehead atoms. The molecule has 1 fully saturated rings. The third-order valence-corrected chi connectivity index (χ3v) is 7.60. The Hall–Kier alpha value is -3.64. The second-order valence-electron chi connectivity index (χ2n) is 7.44. The van der Waals surface area contributed by atoms with Crippen molar-refractivity contribution in [1.82, 2.24) is 9.88 Å². The van der Waals surface area contributed by atoms with Crippen LogP contribution in [0.1, 0.15) is 20.7 Å². The van der Waals surface area contributed by atoms with E-state index < -0.39 is 16.0 Å². The predicted octanol–water partition coefficient (Wildman–Crippen LogP) is 2.61. The van der Waals surface area contributed by atoms with Crippen LogP contribution in [0.2, 0.25) is 0 Å². The molecule has 0 radical (unpaired) electrons. The number of piperazine rings is 1. The van der Waals surface area contributed by atoms with Gasteiger partial charge in [-0.2, -0.15) is 8.42 Å². The maximum atomic E-state index is 12.9. The molecule has 0 spiro atoms. The van der Waals surface area contributed by atoms with Crippen molar-refractivity contribution in [2.75, 3.05) is 42.9 Å². The lowest BCUT2D eigenvalue weighted by Crippen LogP contribution is -2.48. The number of rotatable bonds is 7. The van der Waals surface area contributed by atoms with Gasteiger partial charge in [-0.1, -0.05) is 18.2 Å². The Morgan fingerprint density at radius 1 is 1.06 bits per heavy atom. The van der Waals surface area contributed by atoms with Gasteiger partial charge in [0.15, 0.2) is 10.2 Å². The first-order valence-corrected chi connectivity index (χ1v) is 12.6. The van der Waals surface area contributed by atoms with E-state index in [9.17, 15) is 18.0 Å². The lowest BCUT2D eigenvalue weighted by Gasteiger charge is -2.34. The highest BCUT2D eigenvalue weighted by Gasteiger charge is 2.26. The van der Waals surface area contributed by atoms with E-state index in [0.717, 1.165) is 0 Å². The summed E-state index contributed by atoms with van der Waals surface area (Å²) in [4.78, 5) is 31.8. The summed E-state index contributed by atoms with van der Waals surface area (Å²) in [6, 6.07) is 12.9. The number of ether oxygens (including phenoxy) is 1. The largest absolute Gasteiger partial charge is 0.495 e. The third kappa shape index (κ3) is 4.97. The number of nitrogens with one attached hydrogen (secondary N) is 1. The lowest BCUT2D eigenvalue weighted by molar-refractivity contribution is 0.0695. The van der Waals surface area contributed by atoms with Crippen molar-refractivity contribution in [3.63, 3.8) is 0 Å². The van der Waals surface area contributed by atoms with Gasteiger partial charge in [-0.25, -0.2) is 9.78 Å². The summed E-state index contributed by atoms with van der Waals surface area (Å²) in [6.45, 7) is 2.06. The summed E-state index contributed by atoms with van der Waals surface area (Å²) in [6.07, 6.45) is 0. The third-order valence-electron chi connectivity index (χ3n) is 5.30. The van der Waals surface area contributed by atoms with Gasteiger partial charge < -0.3 is 19.6 Å². The maximum absolute atomic E-state index is 12.9. The molecule has 1 amide bonds. The summed E-state index contributed by atoms with van der Waals surface area (Å²) < 4.78 is 33.3. The van der Waals surface area contributed by atoms with Crippen molar-refractivity contribution < 1.29 is 27.9 Å². The Labute approximate surface area is 200 Å². The van der Waals surface area contributed by atoms with Crippen LogP contribution in [0.5, 0.6) is 5.75 Å². The highest BCUT2D eigenvalue weighted by atomic mass is 32.2. The Kier molecular flexibility index (Phi) is 6.70. The normalized spacial score (nSPS) is 14.0. The van der Waals surface area contributed by atoms with E-state index in [1.807, 2.05) is 23.1 Å². The number of hydrogen-bond donors (Lipinski definition) is 2. The summed E-state index contributed by atoms with van der Waals surface area (Å²) in [5.74, 6) is -1.10. The first-order chi connectivity index (χ1) is 16.3. The number of aromatic carboxylic acids is 1. The first-order valence-electron chi connectivity index (χ1n) is 10.3. The number of methoxy groups -OCH3 is 1. The molecule has 1 aliphatic rings. The van der Waals surface area contributed by atoms with E-state index in [-0.39, 0.29) is 27.9 Å². The minimum Gasteiger partial charge on any atom is -0.495 e. The number of benzene rings is 2. The molecular formula is C22H22N4O6S2. The molecule has 10 nitrogen and oxygen atoms in total. The van der Waals surface area contributed by atoms with Crippen molar-refractivity contribution in [3.8, 4) is 5.75 Å². The Morgan fingerprint density at radius 3 is 2.41 bits per heavy atom. The topological polar surface area (TPSA) is 129 Å². The lowest BCUT2D eigenvalue weighted by atomic mass is 10.2. The van der Waals surface area contributed by atoms with Crippen molar-refractivity contribution >= 4 is 44.1 Å². The smallest absolute Gasteiger partial charge is 0.335 e. The fourth-order valence-corrected chi connectivity index (χ4v) is 5.71. The van der Waals surface area contributed by atoms with Crippen LogP contribution >= 0.6 is 11.3 Å². The molecule has 1 aliphatic heterocycles. The number of carbonyl (C=O) groups excluding carboxylic acids is 1. The zero-order valence-corrected chi connectivity index (χ0v) is 19.8. The predicted molar refractivity (Wildman–Crippen MR) is 127 cm³/mol. The minimum atomic E-state index is -4.03. The van der Waals surface area contributed by atoms with Gasteiger partial charge in [-0.3, -0.25) is 9.52 Å². The number of carboxylic acids is 1. The Morgan fingerprint density at radius 2 is 1.76 bits per heavy atom. The second-order valence-corrected chi connectivity index (χ2v) is 9.91. The zero-order chi connectivity index (χ0) is 24.3. The summed E-state index contributed by atoms with van der Waals surface area (Å²) in [5.41, 5.74) is 0.715. The van der Waals surface area contributed by atoms with E-state index in [2.05, 4.69) is 9.71 Å². The highest BCUT2D eigenvalue weighted by Crippen LogP contribution is 2.30. The number of aromatic nitrogens is 1. The molecule has 2 N–H and O–H groups in total. The van der Waals surface area contributed by atoms with Crippen LogP contribution in [0.4, 0.5) is 10.8 Å². The van der Waals surface area contributed by atoms with Gasteiger partial charge in [0.2, 0.25) is 0 Å². The molecular weight excluding hydrogens is 480 g/mol. The molecule has 0 atom stereocenters. The van der Waals surface area contributed by atoms with Crippen LogP contribution in [0.15, 0.2) is 58.9 Å². The molecule has 0 unspecified atom stereocenters. The molecule has 4 rings (SSSR count). The number of carbonyl (C=O) groups is 2. The molecule has 12 heteroatoms.